The smallest absolute Gasteiger partial charge is 0.253 e. The number of piperazine rings is 1. The van der Waals surface area contributed by atoms with Crippen LogP contribution in [0.5, 0.6) is 17.2 Å². The summed E-state index contributed by atoms with van der Waals surface area (Å²) in [6.07, 6.45) is 4.83. The van der Waals surface area contributed by atoms with Crippen molar-refractivity contribution in [2.75, 3.05) is 40.4 Å². The maximum absolute atomic E-state index is 13.2. The van der Waals surface area contributed by atoms with Gasteiger partial charge in [0.15, 0.2) is 0 Å². The molecule has 2 aromatic carbocycles. The molecule has 1 saturated heterocycles. The van der Waals surface area contributed by atoms with Gasteiger partial charge in [0.2, 0.25) is 10.0 Å². The lowest BCUT2D eigenvalue weighted by Crippen LogP contribution is -2.50. The number of ether oxygens (including phenoxy) is 3. The molecule has 0 spiro atoms. The molecule has 9 heteroatoms. The third kappa shape index (κ3) is 5.09. The van der Waals surface area contributed by atoms with Crippen LogP contribution in [0.4, 0.5) is 0 Å². The van der Waals surface area contributed by atoms with E-state index in [0.29, 0.717) is 24.4 Å². The molecule has 1 aliphatic carbocycles. The lowest BCUT2D eigenvalue weighted by atomic mass is 10.1. The van der Waals surface area contributed by atoms with E-state index in [-0.39, 0.29) is 35.7 Å². The fourth-order valence-corrected chi connectivity index (χ4v) is 5.91. The number of amides is 1. The van der Waals surface area contributed by atoms with Crippen LogP contribution in [0.2, 0.25) is 0 Å². The van der Waals surface area contributed by atoms with E-state index in [2.05, 4.69) is 0 Å². The summed E-state index contributed by atoms with van der Waals surface area (Å²) in [5.41, 5.74) is 0.569. The van der Waals surface area contributed by atoms with Gasteiger partial charge in [-0.2, -0.15) is 4.31 Å². The fraction of sp³-hybridized carbons (Fsp3) is 0.458. The van der Waals surface area contributed by atoms with E-state index in [4.69, 9.17) is 14.2 Å². The van der Waals surface area contributed by atoms with E-state index in [1.807, 2.05) is 12.1 Å². The average molecular weight is 475 g/mol. The van der Waals surface area contributed by atoms with Gasteiger partial charge in [0.05, 0.1) is 20.3 Å². The Morgan fingerprint density at radius 2 is 1.52 bits per heavy atom. The SMILES string of the molecule is COc1ccc(OC)c(S(=O)(=O)N2CCN(C(=O)c3ccc(OC4CCCC4)cc3)CC2)c1. The Bertz CT molecular complexity index is 1070. The largest absolute Gasteiger partial charge is 0.497 e. The van der Waals surface area contributed by atoms with Crippen molar-refractivity contribution in [1.29, 1.82) is 0 Å². The second kappa shape index (κ2) is 10.0. The van der Waals surface area contributed by atoms with Crippen molar-refractivity contribution >= 4 is 15.9 Å². The standard InChI is InChI=1S/C24H30N2O6S/c1-30-21-11-12-22(31-2)23(17-21)33(28,29)26-15-13-25(14-16-26)24(27)18-7-9-20(10-8-18)32-19-5-3-4-6-19/h7-12,17,19H,3-6,13-16H2,1-2H3. The number of rotatable bonds is 7. The highest BCUT2D eigenvalue weighted by Crippen LogP contribution is 2.31. The van der Waals surface area contributed by atoms with Gasteiger partial charge >= 0.3 is 0 Å². The van der Waals surface area contributed by atoms with E-state index >= 15 is 0 Å². The first-order valence-electron chi connectivity index (χ1n) is 11.2. The molecule has 1 aliphatic heterocycles. The van der Waals surface area contributed by atoms with Crippen molar-refractivity contribution < 1.29 is 27.4 Å². The normalized spacial score (nSPS) is 17.7. The number of carbonyl (C=O) groups excluding carboxylic acids is 1. The van der Waals surface area contributed by atoms with Gasteiger partial charge in [-0.05, 0) is 62.1 Å². The van der Waals surface area contributed by atoms with E-state index in [1.54, 1.807) is 29.2 Å². The molecular weight excluding hydrogens is 444 g/mol. The molecule has 1 amide bonds. The highest BCUT2D eigenvalue weighted by Gasteiger charge is 2.32. The molecule has 0 bridgehead atoms. The van der Waals surface area contributed by atoms with Gasteiger partial charge in [-0.1, -0.05) is 0 Å². The number of carbonyl (C=O) groups is 1. The van der Waals surface area contributed by atoms with Crippen LogP contribution in [-0.2, 0) is 10.0 Å². The maximum atomic E-state index is 13.2. The molecule has 1 saturated carbocycles. The average Bonchev–Trinajstić information content (AvgIpc) is 3.36. The van der Waals surface area contributed by atoms with Crippen molar-refractivity contribution in [1.82, 2.24) is 9.21 Å². The number of benzene rings is 2. The summed E-state index contributed by atoms with van der Waals surface area (Å²) in [5.74, 6) is 1.36. The lowest BCUT2D eigenvalue weighted by molar-refractivity contribution is 0.0697. The number of hydrogen-bond acceptors (Lipinski definition) is 6. The zero-order valence-corrected chi connectivity index (χ0v) is 19.8. The minimum Gasteiger partial charge on any atom is -0.497 e. The summed E-state index contributed by atoms with van der Waals surface area (Å²) in [7, 11) is -0.880. The molecule has 2 aliphatic rings. The third-order valence-corrected chi connectivity index (χ3v) is 8.14. The van der Waals surface area contributed by atoms with Gasteiger partial charge in [-0.15, -0.1) is 0 Å². The molecule has 0 atom stereocenters. The van der Waals surface area contributed by atoms with E-state index in [0.717, 1.165) is 18.6 Å². The molecular formula is C24H30N2O6S. The number of sulfonamides is 1. The van der Waals surface area contributed by atoms with Crippen LogP contribution in [0, 0.1) is 0 Å². The Morgan fingerprint density at radius 3 is 2.12 bits per heavy atom. The van der Waals surface area contributed by atoms with Crippen LogP contribution in [0.25, 0.3) is 0 Å². The van der Waals surface area contributed by atoms with E-state index < -0.39 is 10.0 Å². The van der Waals surface area contributed by atoms with Crippen LogP contribution in [-0.4, -0.2) is 70.0 Å². The minimum absolute atomic E-state index is 0.0574. The molecule has 0 N–H and O–H groups in total. The summed E-state index contributed by atoms with van der Waals surface area (Å²) >= 11 is 0. The highest BCUT2D eigenvalue weighted by atomic mass is 32.2. The van der Waals surface area contributed by atoms with E-state index in [1.165, 1.54) is 37.4 Å². The van der Waals surface area contributed by atoms with Gasteiger partial charge in [0.1, 0.15) is 22.1 Å². The lowest BCUT2D eigenvalue weighted by Gasteiger charge is -2.34. The van der Waals surface area contributed by atoms with Gasteiger partial charge in [-0.25, -0.2) is 8.42 Å². The number of methoxy groups -OCH3 is 2. The second-order valence-corrected chi connectivity index (χ2v) is 10.2. The fourth-order valence-electron chi connectivity index (χ4n) is 4.31. The van der Waals surface area contributed by atoms with Crippen LogP contribution >= 0.6 is 0 Å². The summed E-state index contributed by atoms with van der Waals surface area (Å²) in [6.45, 7) is 1.03. The van der Waals surface area contributed by atoms with Crippen molar-refractivity contribution in [3.63, 3.8) is 0 Å². The zero-order valence-electron chi connectivity index (χ0n) is 19.0. The summed E-state index contributed by atoms with van der Waals surface area (Å²) in [6, 6.07) is 11.9. The quantitative estimate of drug-likeness (QED) is 0.613. The topological polar surface area (TPSA) is 85.4 Å². The molecule has 178 valence electrons. The van der Waals surface area contributed by atoms with Crippen molar-refractivity contribution in [3.05, 3.63) is 48.0 Å². The molecule has 8 nitrogen and oxygen atoms in total. The van der Waals surface area contributed by atoms with Gasteiger partial charge in [0, 0.05) is 37.8 Å². The zero-order chi connectivity index (χ0) is 23.4. The first-order valence-corrected chi connectivity index (χ1v) is 12.6. The van der Waals surface area contributed by atoms with Crippen LogP contribution in [0.15, 0.2) is 47.4 Å². The summed E-state index contributed by atoms with van der Waals surface area (Å²) in [5, 5.41) is 0. The Morgan fingerprint density at radius 1 is 0.879 bits per heavy atom. The van der Waals surface area contributed by atoms with Crippen molar-refractivity contribution in [3.8, 4) is 17.2 Å². The predicted molar refractivity (Wildman–Crippen MR) is 124 cm³/mol. The minimum atomic E-state index is -3.79. The molecule has 0 unspecified atom stereocenters. The molecule has 0 radical (unpaired) electrons. The Labute approximate surface area is 195 Å². The Kier molecular flexibility index (Phi) is 7.09. The third-order valence-electron chi connectivity index (χ3n) is 6.22. The van der Waals surface area contributed by atoms with Gasteiger partial charge in [-0.3, -0.25) is 4.79 Å². The van der Waals surface area contributed by atoms with Crippen molar-refractivity contribution in [2.45, 2.75) is 36.7 Å². The van der Waals surface area contributed by atoms with E-state index in [9.17, 15) is 13.2 Å². The Hall–Kier alpha value is -2.78. The predicted octanol–water partition coefficient (Wildman–Crippen LogP) is 3.17. The van der Waals surface area contributed by atoms with Gasteiger partial charge < -0.3 is 19.1 Å². The van der Waals surface area contributed by atoms with Crippen LogP contribution in [0.1, 0.15) is 36.0 Å². The number of hydrogen-bond donors (Lipinski definition) is 0. The first kappa shape index (κ1) is 23.4. The summed E-state index contributed by atoms with van der Waals surface area (Å²) in [4.78, 5) is 14.7. The van der Waals surface area contributed by atoms with Crippen LogP contribution < -0.4 is 14.2 Å². The number of nitrogens with zero attached hydrogens (tertiary/aromatic N) is 2. The molecule has 2 aromatic rings. The molecule has 0 aromatic heterocycles. The molecule has 33 heavy (non-hydrogen) atoms. The molecule has 4 rings (SSSR count). The van der Waals surface area contributed by atoms with Crippen molar-refractivity contribution in [2.24, 2.45) is 0 Å². The monoisotopic (exact) mass is 474 g/mol. The van der Waals surface area contributed by atoms with Gasteiger partial charge in [0.25, 0.3) is 5.91 Å². The summed E-state index contributed by atoms with van der Waals surface area (Å²) < 4.78 is 44.3. The highest BCUT2D eigenvalue weighted by molar-refractivity contribution is 7.89. The first-order chi connectivity index (χ1) is 15.9. The Balaban J connectivity index is 1.39. The molecule has 1 heterocycles. The molecule has 2 fully saturated rings. The van der Waals surface area contributed by atoms with Crippen LogP contribution in [0.3, 0.4) is 0 Å². The second-order valence-electron chi connectivity index (χ2n) is 8.26. The maximum Gasteiger partial charge on any atom is 0.253 e.